The third kappa shape index (κ3) is 8.50. The molecule has 25 heavy (non-hydrogen) atoms. The van der Waals surface area contributed by atoms with Crippen molar-refractivity contribution in [2.75, 3.05) is 26.2 Å². The Morgan fingerprint density at radius 3 is 2.12 bits per heavy atom. The zero-order valence-corrected chi connectivity index (χ0v) is 15.1. The molecule has 0 aromatic heterocycles. The molecule has 142 valence electrons. The van der Waals surface area contributed by atoms with Crippen LogP contribution in [0, 0.1) is 0 Å². The normalized spacial score (nSPS) is 18.6. The maximum Gasteiger partial charge on any atom is 0.410 e. The van der Waals surface area contributed by atoms with Gasteiger partial charge in [0.15, 0.2) is 0 Å². The van der Waals surface area contributed by atoms with Crippen LogP contribution in [0.2, 0.25) is 0 Å². The van der Waals surface area contributed by atoms with Crippen molar-refractivity contribution >= 4 is 18.5 Å². The zero-order valence-electron chi connectivity index (χ0n) is 14.3. The van der Waals surface area contributed by atoms with Crippen LogP contribution in [-0.4, -0.2) is 49.5 Å². The largest absolute Gasteiger partial charge is 0.445 e. The molecule has 4 nitrogen and oxygen atoms in total. The van der Waals surface area contributed by atoms with E-state index in [0.29, 0.717) is 38.8 Å². The van der Waals surface area contributed by atoms with E-state index in [0.717, 1.165) is 18.7 Å². The number of hydrogen-bond acceptors (Lipinski definition) is 3. The third-order valence-corrected chi connectivity index (χ3v) is 4.16. The molecular weight excluding hydrogens is 350 g/mol. The highest BCUT2D eigenvalue weighted by molar-refractivity contribution is 5.85. The van der Waals surface area contributed by atoms with Gasteiger partial charge in [-0.3, -0.25) is 0 Å². The van der Waals surface area contributed by atoms with Crippen LogP contribution >= 0.6 is 12.4 Å². The Labute approximate surface area is 154 Å². The number of carbonyl (C=O) groups is 1. The molecule has 2 saturated heterocycles. The van der Waals surface area contributed by atoms with E-state index in [1.807, 2.05) is 30.3 Å². The molecule has 2 heterocycles. The van der Waals surface area contributed by atoms with Crippen molar-refractivity contribution in [3.8, 4) is 0 Å². The minimum absolute atomic E-state index is 0. The van der Waals surface area contributed by atoms with Crippen molar-refractivity contribution in [3.63, 3.8) is 0 Å². The first-order valence-corrected chi connectivity index (χ1v) is 8.59. The zero-order chi connectivity index (χ0) is 17.2. The summed E-state index contributed by atoms with van der Waals surface area (Å²) < 4.78 is 30.2. The van der Waals surface area contributed by atoms with E-state index in [2.05, 4.69) is 5.32 Å². The van der Waals surface area contributed by atoms with Gasteiger partial charge in [-0.25, -0.2) is 13.6 Å². The molecule has 1 amide bonds. The van der Waals surface area contributed by atoms with Crippen molar-refractivity contribution in [1.82, 2.24) is 10.2 Å². The Bertz CT molecular complexity index is 479. The highest BCUT2D eigenvalue weighted by Crippen LogP contribution is 2.14. The van der Waals surface area contributed by atoms with Crippen LogP contribution in [0.3, 0.4) is 0 Å². The number of benzene rings is 1. The van der Waals surface area contributed by atoms with Gasteiger partial charge in [-0.2, -0.15) is 0 Å². The van der Waals surface area contributed by atoms with Gasteiger partial charge in [-0.15, -0.1) is 12.4 Å². The summed E-state index contributed by atoms with van der Waals surface area (Å²) in [4.78, 5) is 13.2. The molecule has 1 aromatic rings. The molecule has 3 rings (SSSR count). The van der Waals surface area contributed by atoms with Crippen molar-refractivity contribution in [3.05, 3.63) is 35.9 Å². The first kappa shape index (κ1) is 21.6. The summed E-state index contributed by atoms with van der Waals surface area (Å²) in [7, 11) is 0. The summed E-state index contributed by atoms with van der Waals surface area (Å²) in [5.41, 5.74) is 0.959. The van der Waals surface area contributed by atoms with Crippen LogP contribution in [0.5, 0.6) is 0 Å². The second-order valence-corrected chi connectivity index (χ2v) is 6.13. The number of rotatable bonds is 2. The number of amides is 1. The number of carbonyl (C=O) groups excluding carboxylic acids is 1. The predicted molar refractivity (Wildman–Crippen MR) is 96.6 cm³/mol. The number of ether oxygens (including phenoxy) is 1. The first-order valence-electron chi connectivity index (χ1n) is 8.59. The summed E-state index contributed by atoms with van der Waals surface area (Å²) in [6, 6.07) is 9.52. The molecule has 7 heteroatoms. The molecule has 0 bridgehead atoms. The number of alkyl halides is 2. The number of likely N-dealkylation sites (tertiary alicyclic amines) is 1. The average Bonchev–Trinajstić information content (AvgIpc) is 2.62. The number of hydrogen-bond donors (Lipinski definition) is 1. The van der Waals surface area contributed by atoms with Crippen molar-refractivity contribution in [2.45, 2.75) is 44.6 Å². The molecular formula is C18H27ClF2N2O2. The monoisotopic (exact) mass is 376 g/mol. The Hall–Kier alpha value is -1.40. The van der Waals surface area contributed by atoms with Gasteiger partial charge in [-0.05, 0) is 44.3 Å². The molecule has 1 aromatic carbocycles. The highest BCUT2D eigenvalue weighted by atomic mass is 35.5. The van der Waals surface area contributed by atoms with Crippen LogP contribution in [0.15, 0.2) is 30.3 Å². The lowest BCUT2D eigenvalue weighted by atomic mass is 10.1. The van der Waals surface area contributed by atoms with E-state index in [1.165, 1.54) is 0 Å². The molecule has 2 aliphatic heterocycles. The summed E-state index contributed by atoms with van der Waals surface area (Å²) in [6.07, 6.45) is 0.608. The number of halogens is 3. The van der Waals surface area contributed by atoms with Crippen molar-refractivity contribution in [1.29, 1.82) is 0 Å². The first-order chi connectivity index (χ1) is 11.6. The van der Waals surface area contributed by atoms with Crippen LogP contribution < -0.4 is 5.32 Å². The summed E-state index contributed by atoms with van der Waals surface area (Å²) in [5.74, 6) is 0. The second kappa shape index (κ2) is 12.0. The Kier molecular flexibility index (Phi) is 10.4. The highest BCUT2D eigenvalue weighted by Gasteiger charge is 2.23. The third-order valence-electron chi connectivity index (χ3n) is 4.16. The van der Waals surface area contributed by atoms with E-state index < -0.39 is 12.3 Å². The lowest BCUT2D eigenvalue weighted by Crippen LogP contribution is -2.39. The van der Waals surface area contributed by atoms with Gasteiger partial charge < -0.3 is 15.0 Å². The van der Waals surface area contributed by atoms with Crippen LogP contribution in [0.25, 0.3) is 0 Å². The molecule has 0 radical (unpaired) electrons. The van der Waals surface area contributed by atoms with Gasteiger partial charge in [0.05, 0.1) is 0 Å². The van der Waals surface area contributed by atoms with Gasteiger partial charge in [0.1, 0.15) is 19.0 Å². The fourth-order valence-corrected chi connectivity index (χ4v) is 2.63. The van der Waals surface area contributed by atoms with Crippen LogP contribution in [0.1, 0.15) is 31.2 Å². The molecule has 2 aliphatic rings. The quantitative estimate of drug-likeness (QED) is 0.851. The summed E-state index contributed by atoms with van der Waals surface area (Å²) in [6.45, 7) is 2.90. The SMILES string of the molecule is Cl.FC1CCNCC1.O=C(OCc1ccccc1)N1CCC(F)CC1. The smallest absolute Gasteiger partial charge is 0.410 e. The molecule has 1 N–H and O–H groups in total. The predicted octanol–water partition coefficient (Wildman–Crippen LogP) is 3.89. The molecule has 0 aliphatic carbocycles. The molecule has 2 fully saturated rings. The van der Waals surface area contributed by atoms with E-state index in [-0.39, 0.29) is 25.1 Å². The topological polar surface area (TPSA) is 41.6 Å². The number of piperidine rings is 2. The lowest BCUT2D eigenvalue weighted by molar-refractivity contribution is 0.0772. The van der Waals surface area contributed by atoms with E-state index in [4.69, 9.17) is 4.74 Å². The van der Waals surface area contributed by atoms with Crippen LogP contribution in [-0.2, 0) is 11.3 Å². The molecule has 0 atom stereocenters. The van der Waals surface area contributed by atoms with Gasteiger partial charge in [0, 0.05) is 13.1 Å². The van der Waals surface area contributed by atoms with E-state index >= 15 is 0 Å². The minimum atomic E-state index is -0.770. The average molecular weight is 377 g/mol. The lowest BCUT2D eigenvalue weighted by Gasteiger charge is -2.27. The molecule has 0 spiro atoms. The molecule has 0 unspecified atom stereocenters. The second-order valence-electron chi connectivity index (χ2n) is 6.13. The molecule has 0 saturated carbocycles. The van der Waals surface area contributed by atoms with Gasteiger partial charge >= 0.3 is 6.09 Å². The number of nitrogens with one attached hydrogen (secondary N) is 1. The maximum atomic E-state index is 12.9. The Morgan fingerprint density at radius 1 is 1.04 bits per heavy atom. The maximum absolute atomic E-state index is 12.9. The van der Waals surface area contributed by atoms with E-state index in [1.54, 1.807) is 4.90 Å². The minimum Gasteiger partial charge on any atom is -0.445 e. The van der Waals surface area contributed by atoms with Gasteiger partial charge in [0.25, 0.3) is 0 Å². The Balaban J connectivity index is 0.000000330. The summed E-state index contributed by atoms with van der Waals surface area (Å²) >= 11 is 0. The fourth-order valence-electron chi connectivity index (χ4n) is 2.63. The van der Waals surface area contributed by atoms with Gasteiger partial charge in [-0.1, -0.05) is 30.3 Å². The van der Waals surface area contributed by atoms with Crippen molar-refractivity contribution in [2.24, 2.45) is 0 Å². The number of nitrogens with zero attached hydrogens (tertiary/aromatic N) is 1. The van der Waals surface area contributed by atoms with E-state index in [9.17, 15) is 13.6 Å². The van der Waals surface area contributed by atoms with Crippen molar-refractivity contribution < 1.29 is 18.3 Å². The summed E-state index contributed by atoms with van der Waals surface area (Å²) in [5, 5.41) is 3.08. The Morgan fingerprint density at radius 2 is 1.60 bits per heavy atom. The van der Waals surface area contributed by atoms with Gasteiger partial charge in [0.2, 0.25) is 0 Å². The fraction of sp³-hybridized carbons (Fsp3) is 0.611. The van der Waals surface area contributed by atoms with Crippen LogP contribution in [0.4, 0.5) is 13.6 Å². The standard InChI is InChI=1S/C13H16FNO2.C5H10FN.ClH/c14-12-6-8-15(9-7-12)13(16)17-10-11-4-2-1-3-5-11;6-5-1-3-7-4-2-5;/h1-5,12H,6-10H2;5,7H,1-4H2;1H.